The lowest BCUT2D eigenvalue weighted by molar-refractivity contribution is 0.439. The van der Waals surface area contributed by atoms with Gasteiger partial charge in [0.1, 0.15) is 11.5 Å². The van der Waals surface area contributed by atoms with Gasteiger partial charge in [-0.15, -0.1) is 0 Å². The van der Waals surface area contributed by atoms with E-state index in [4.69, 9.17) is 0 Å². The van der Waals surface area contributed by atoms with Crippen LogP contribution >= 0.6 is 23.5 Å². The number of thioether (sulfide) groups is 2. The molecule has 0 amide bonds. The molecule has 0 aromatic heterocycles. The fourth-order valence-corrected chi connectivity index (χ4v) is 4.30. The lowest BCUT2D eigenvalue weighted by Gasteiger charge is -2.22. The van der Waals surface area contributed by atoms with E-state index in [-0.39, 0.29) is 16.7 Å². The molecule has 14 heavy (non-hydrogen) atoms. The molecule has 1 heterocycles. The first-order valence-corrected chi connectivity index (χ1v) is 6.69. The largest absolute Gasteiger partial charge is 0.507 e. The Morgan fingerprint density at radius 2 is 1.86 bits per heavy atom. The van der Waals surface area contributed by atoms with Gasteiger partial charge in [-0.1, -0.05) is 6.07 Å². The highest BCUT2D eigenvalue weighted by atomic mass is 32.2. The molecule has 0 spiro atoms. The van der Waals surface area contributed by atoms with Crippen LogP contribution in [0.3, 0.4) is 0 Å². The van der Waals surface area contributed by atoms with Gasteiger partial charge in [0, 0.05) is 28.1 Å². The van der Waals surface area contributed by atoms with Crippen LogP contribution in [0.25, 0.3) is 0 Å². The minimum atomic E-state index is 0.213. The summed E-state index contributed by atoms with van der Waals surface area (Å²) in [5.41, 5.74) is 0.699. The van der Waals surface area contributed by atoms with Crippen molar-refractivity contribution in [2.45, 2.75) is 5.25 Å². The summed E-state index contributed by atoms with van der Waals surface area (Å²) in [6, 6.07) is 4.93. The van der Waals surface area contributed by atoms with Crippen molar-refractivity contribution in [1.82, 2.24) is 0 Å². The summed E-state index contributed by atoms with van der Waals surface area (Å²) in [4.78, 5) is 0. The van der Waals surface area contributed by atoms with Crippen molar-refractivity contribution in [3.05, 3.63) is 23.8 Å². The third-order valence-corrected chi connectivity index (χ3v) is 4.97. The van der Waals surface area contributed by atoms with Crippen molar-refractivity contribution in [1.29, 1.82) is 0 Å². The van der Waals surface area contributed by atoms with Crippen LogP contribution in [0, 0.1) is 0 Å². The highest BCUT2D eigenvalue weighted by molar-refractivity contribution is 8.06. The monoisotopic (exact) mass is 228 g/mol. The molecule has 1 aromatic rings. The predicted octanol–water partition coefficient (Wildman–Crippen LogP) is 2.62. The van der Waals surface area contributed by atoms with Crippen LogP contribution in [0.15, 0.2) is 18.2 Å². The number of aromatic hydroxyl groups is 2. The zero-order chi connectivity index (χ0) is 9.97. The Labute approximate surface area is 91.7 Å². The SMILES string of the molecule is Oc1cccc(O)c1C1CSCCS1. The topological polar surface area (TPSA) is 40.5 Å². The zero-order valence-corrected chi connectivity index (χ0v) is 9.27. The Morgan fingerprint density at radius 1 is 1.14 bits per heavy atom. The summed E-state index contributed by atoms with van der Waals surface area (Å²) in [7, 11) is 0. The lowest BCUT2D eigenvalue weighted by Crippen LogP contribution is -2.06. The Morgan fingerprint density at radius 3 is 2.43 bits per heavy atom. The first kappa shape index (κ1) is 10.1. The third-order valence-electron chi connectivity index (χ3n) is 2.20. The predicted molar refractivity (Wildman–Crippen MR) is 62.3 cm³/mol. The molecule has 1 fully saturated rings. The van der Waals surface area contributed by atoms with Crippen LogP contribution in [0.1, 0.15) is 10.8 Å². The van der Waals surface area contributed by atoms with Crippen LogP contribution in [0.4, 0.5) is 0 Å². The van der Waals surface area contributed by atoms with Crippen molar-refractivity contribution in [2.24, 2.45) is 0 Å². The van der Waals surface area contributed by atoms with Crippen LogP contribution < -0.4 is 0 Å². The minimum Gasteiger partial charge on any atom is -0.507 e. The van der Waals surface area contributed by atoms with Gasteiger partial charge in [-0.2, -0.15) is 23.5 Å². The van der Waals surface area contributed by atoms with Gasteiger partial charge in [0.05, 0.1) is 0 Å². The number of phenols is 2. The van der Waals surface area contributed by atoms with Crippen molar-refractivity contribution in [2.75, 3.05) is 17.3 Å². The number of hydrogen-bond acceptors (Lipinski definition) is 4. The maximum Gasteiger partial charge on any atom is 0.123 e. The second-order valence-corrected chi connectivity index (χ2v) is 5.60. The van der Waals surface area contributed by atoms with E-state index in [1.165, 1.54) is 0 Å². The summed E-state index contributed by atoms with van der Waals surface area (Å²) in [5.74, 6) is 3.64. The van der Waals surface area contributed by atoms with E-state index in [9.17, 15) is 10.2 Å². The third kappa shape index (κ3) is 1.96. The highest BCUT2D eigenvalue weighted by Gasteiger charge is 2.22. The molecule has 2 N–H and O–H groups in total. The smallest absolute Gasteiger partial charge is 0.123 e. The molecule has 0 saturated carbocycles. The van der Waals surface area contributed by atoms with E-state index in [2.05, 4.69) is 0 Å². The van der Waals surface area contributed by atoms with Crippen molar-refractivity contribution in [3.63, 3.8) is 0 Å². The fourth-order valence-electron chi connectivity index (χ4n) is 1.53. The normalized spacial score (nSPS) is 22.1. The summed E-state index contributed by atoms with van der Waals surface area (Å²) < 4.78 is 0. The molecule has 4 heteroatoms. The Hall–Kier alpha value is -0.480. The molecule has 76 valence electrons. The van der Waals surface area contributed by atoms with Crippen molar-refractivity contribution >= 4 is 23.5 Å². The van der Waals surface area contributed by atoms with E-state index in [1.54, 1.807) is 30.0 Å². The number of benzene rings is 1. The average Bonchev–Trinajstić information content (AvgIpc) is 2.19. The highest BCUT2D eigenvalue weighted by Crippen LogP contribution is 2.44. The molecule has 0 radical (unpaired) electrons. The summed E-state index contributed by atoms with van der Waals surface area (Å²) >= 11 is 3.68. The lowest BCUT2D eigenvalue weighted by atomic mass is 10.1. The molecule has 1 atom stereocenters. The molecule has 2 rings (SSSR count). The first-order chi connectivity index (χ1) is 6.79. The van der Waals surface area contributed by atoms with Gasteiger partial charge >= 0.3 is 0 Å². The second kappa shape index (κ2) is 4.36. The summed E-state index contributed by atoms with van der Waals surface area (Å²) in [6.07, 6.45) is 0. The average molecular weight is 228 g/mol. The van der Waals surface area contributed by atoms with E-state index in [0.29, 0.717) is 5.56 Å². The molecular formula is C10H12O2S2. The standard InChI is InChI=1S/C10H12O2S2/c11-7-2-1-3-8(12)10(7)9-6-13-4-5-14-9/h1-3,9,11-12H,4-6H2. The molecule has 1 aliphatic heterocycles. The molecule has 1 aliphatic rings. The van der Waals surface area contributed by atoms with Gasteiger partial charge in [-0.3, -0.25) is 0 Å². The molecule has 0 bridgehead atoms. The molecule has 2 nitrogen and oxygen atoms in total. The van der Waals surface area contributed by atoms with Crippen molar-refractivity contribution < 1.29 is 10.2 Å². The molecule has 0 aliphatic carbocycles. The van der Waals surface area contributed by atoms with E-state index in [1.807, 2.05) is 11.8 Å². The number of rotatable bonds is 1. The Kier molecular flexibility index (Phi) is 3.13. The van der Waals surface area contributed by atoms with E-state index in [0.717, 1.165) is 17.3 Å². The van der Waals surface area contributed by atoms with Crippen LogP contribution in [-0.4, -0.2) is 27.5 Å². The maximum absolute atomic E-state index is 9.66. The minimum absolute atomic E-state index is 0.213. The second-order valence-electron chi connectivity index (χ2n) is 3.14. The van der Waals surface area contributed by atoms with Crippen LogP contribution in [0.5, 0.6) is 11.5 Å². The van der Waals surface area contributed by atoms with Gasteiger partial charge in [-0.25, -0.2) is 0 Å². The van der Waals surface area contributed by atoms with Gasteiger partial charge < -0.3 is 10.2 Å². The van der Waals surface area contributed by atoms with Gasteiger partial charge in [0.2, 0.25) is 0 Å². The van der Waals surface area contributed by atoms with Crippen molar-refractivity contribution in [3.8, 4) is 11.5 Å². The molecule has 1 unspecified atom stereocenters. The number of phenolic OH excluding ortho intramolecular Hbond substituents is 2. The summed E-state index contributed by atoms with van der Waals surface area (Å²) in [5, 5.41) is 19.6. The zero-order valence-electron chi connectivity index (χ0n) is 7.64. The van der Waals surface area contributed by atoms with Crippen LogP contribution in [-0.2, 0) is 0 Å². The number of hydrogen-bond donors (Lipinski definition) is 2. The molecular weight excluding hydrogens is 216 g/mol. The first-order valence-electron chi connectivity index (χ1n) is 4.49. The summed E-state index contributed by atoms with van der Waals surface area (Å²) in [6.45, 7) is 0. The van der Waals surface area contributed by atoms with Gasteiger partial charge in [0.15, 0.2) is 0 Å². The van der Waals surface area contributed by atoms with E-state index >= 15 is 0 Å². The molecule has 1 saturated heterocycles. The van der Waals surface area contributed by atoms with Crippen LogP contribution in [0.2, 0.25) is 0 Å². The molecule has 1 aromatic carbocycles. The maximum atomic E-state index is 9.66. The fraction of sp³-hybridized carbons (Fsp3) is 0.400. The van der Waals surface area contributed by atoms with Gasteiger partial charge in [0.25, 0.3) is 0 Å². The Balaban J connectivity index is 2.29. The van der Waals surface area contributed by atoms with E-state index < -0.39 is 0 Å². The quantitative estimate of drug-likeness (QED) is 0.775. The Bertz CT molecular complexity index is 302. The van der Waals surface area contributed by atoms with Gasteiger partial charge in [-0.05, 0) is 12.1 Å².